The van der Waals surface area contributed by atoms with E-state index in [-0.39, 0.29) is 10.7 Å². The van der Waals surface area contributed by atoms with Gasteiger partial charge in [0, 0.05) is 18.8 Å². The quantitative estimate of drug-likeness (QED) is 0.731. The van der Waals surface area contributed by atoms with E-state index in [2.05, 4.69) is 0 Å². The highest BCUT2D eigenvalue weighted by atomic mass is 32.2. The van der Waals surface area contributed by atoms with Crippen LogP contribution in [-0.2, 0) is 14.8 Å². The lowest BCUT2D eigenvalue weighted by atomic mass is 10.1. The van der Waals surface area contributed by atoms with Gasteiger partial charge in [0.25, 0.3) is 0 Å². The summed E-state index contributed by atoms with van der Waals surface area (Å²) in [5.41, 5.74) is 0. The fourth-order valence-corrected chi connectivity index (χ4v) is 4.35. The number of hydrogen-bond acceptors (Lipinski definition) is 4. The first-order chi connectivity index (χ1) is 7.08. The number of rotatable bonds is 2. The molecule has 0 unspecified atom stereocenters. The maximum absolute atomic E-state index is 11.6. The van der Waals surface area contributed by atoms with Crippen LogP contribution in [0.15, 0.2) is 0 Å². The van der Waals surface area contributed by atoms with Gasteiger partial charge in [-0.1, -0.05) is 0 Å². The third kappa shape index (κ3) is 2.33. The predicted molar refractivity (Wildman–Crippen MR) is 61.4 cm³/mol. The standard InChI is InChI=1S/C9H17NO3S2/c1-2-15(11,12)10-5-3-9(4-6-10)13-7-8-14-9/h2-8H2,1H3. The zero-order chi connectivity index (χ0) is 10.9. The predicted octanol–water partition coefficient (Wildman–Crippen LogP) is 0.892. The van der Waals surface area contributed by atoms with Crippen LogP contribution in [0.25, 0.3) is 0 Å². The average molecular weight is 251 g/mol. The molecule has 1 spiro atoms. The van der Waals surface area contributed by atoms with Gasteiger partial charge in [-0.05, 0) is 19.8 Å². The van der Waals surface area contributed by atoms with E-state index in [1.165, 1.54) is 0 Å². The van der Waals surface area contributed by atoms with Crippen LogP contribution in [0.2, 0.25) is 0 Å². The Kier molecular flexibility index (Phi) is 3.30. The van der Waals surface area contributed by atoms with Crippen molar-refractivity contribution < 1.29 is 13.2 Å². The van der Waals surface area contributed by atoms with E-state index in [0.717, 1.165) is 25.2 Å². The first-order valence-corrected chi connectivity index (χ1v) is 7.93. The summed E-state index contributed by atoms with van der Waals surface area (Å²) in [4.78, 5) is -0.0697. The molecular weight excluding hydrogens is 234 g/mol. The molecule has 2 aliphatic heterocycles. The molecule has 6 heteroatoms. The number of ether oxygens (including phenoxy) is 1. The lowest BCUT2D eigenvalue weighted by Gasteiger charge is -2.36. The van der Waals surface area contributed by atoms with Gasteiger partial charge in [-0.2, -0.15) is 0 Å². The van der Waals surface area contributed by atoms with Crippen molar-refractivity contribution in [3.63, 3.8) is 0 Å². The summed E-state index contributed by atoms with van der Waals surface area (Å²) < 4.78 is 30.6. The van der Waals surface area contributed by atoms with Crippen LogP contribution in [0.5, 0.6) is 0 Å². The van der Waals surface area contributed by atoms with Crippen molar-refractivity contribution in [1.82, 2.24) is 4.31 Å². The Bertz CT molecular complexity index is 312. The maximum atomic E-state index is 11.6. The fourth-order valence-electron chi connectivity index (χ4n) is 2.07. The van der Waals surface area contributed by atoms with Crippen molar-refractivity contribution in [3.05, 3.63) is 0 Å². The van der Waals surface area contributed by atoms with Crippen molar-refractivity contribution in [2.75, 3.05) is 31.2 Å². The summed E-state index contributed by atoms with van der Waals surface area (Å²) in [6, 6.07) is 0. The second kappa shape index (κ2) is 4.24. The monoisotopic (exact) mass is 251 g/mol. The lowest BCUT2D eigenvalue weighted by molar-refractivity contribution is 0.0162. The highest BCUT2D eigenvalue weighted by Gasteiger charge is 2.41. The van der Waals surface area contributed by atoms with E-state index in [4.69, 9.17) is 4.74 Å². The molecule has 2 saturated heterocycles. The average Bonchev–Trinajstić information content (AvgIpc) is 2.67. The van der Waals surface area contributed by atoms with Gasteiger partial charge in [-0.25, -0.2) is 12.7 Å². The van der Waals surface area contributed by atoms with E-state index in [0.29, 0.717) is 13.1 Å². The molecule has 2 aliphatic rings. The zero-order valence-corrected chi connectivity index (χ0v) is 10.6. The molecule has 4 nitrogen and oxygen atoms in total. The number of hydrogen-bond donors (Lipinski definition) is 0. The molecule has 2 fully saturated rings. The summed E-state index contributed by atoms with van der Waals surface area (Å²) in [5.74, 6) is 1.24. The van der Waals surface area contributed by atoms with Crippen molar-refractivity contribution in [1.29, 1.82) is 0 Å². The van der Waals surface area contributed by atoms with Gasteiger partial charge in [0.05, 0.1) is 12.4 Å². The lowest BCUT2D eigenvalue weighted by Crippen LogP contribution is -2.45. The van der Waals surface area contributed by atoms with Crippen LogP contribution in [0.4, 0.5) is 0 Å². The first-order valence-electron chi connectivity index (χ1n) is 5.34. The molecule has 2 heterocycles. The number of sulfonamides is 1. The number of piperidine rings is 1. The molecule has 2 rings (SSSR count). The Labute approximate surface area is 95.4 Å². The molecule has 0 amide bonds. The van der Waals surface area contributed by atoms with Gasteiger partial charge in [0.1, 0.15) is 4.93 Å². The Morgan fingerprint density at radius 2 is 2.07 bits per heavy atom. The highest BCUT2D eigenvalue weighted by molar-refractivity contribution is 8.00. The van der Waals surface area contributed by atoms with Crippen LogP contribution in [0.1, 0.15) is 19.8 Å². The van der Waals surface area contributed by atoms with Crippen molar-refractivity contribution >= 4 is 21.8 Å². The molecule has 0 aromatic heterocycles. The smallest absolute Gasteiger partial charge is 0.213 e. The minimum absolute atomic E-state index is 0.0697. The zero-order valence-electron chi connectivity index (χ0n) is 8.94. The Morgan fingerprint density at radius 3 is 2.53 bits per heavy atom. The molecule has 0 N–H and O–H groups in total. The summed E-state index contributed by atoms with van der Waals surface area (Å²) in [6.45, 7) is 3.73. The number of thioether (sulfide) groups is 1. The van der Waals surface area contributed by atoms with Crippen LogP contribution < -0.4 is 0 Å². The Hall–Kier alpha value is 0.220. The third-order valence-corrected chi connectivity index (χ3v) is 6.36. The van der Waals surface area contributed by atoms with Gasteiger partial charge >= 0.3 is 0 Å². The van der Waals surface area contributed by atoms with Crippen LogP contribution in [0, 0.1) is 0 Å². The molecule has 15 heavy (non-hydrogen) atoms. The maximum Gasteiger partial charge on any atom is 0.213 e. The van der Waals surface area contributed by atoms with Crippen molar-refractivity contribution in [3.8, 4) is 0 Å². The van der Waals surface area contributed by atoms with Gasteiger partial charge in [0.2, 0.25) is 10.0 Å². The van der Waals surface area contributed by atoms with Gasteiger partial charge in [-0.15, -0.1) is 11.8 Å². The minimum atomic E-state index is -3.00. The van der Waals surface area contributed by atoms with Crippen molar-refractivity contribution in [2.24, 2.45) is 0 Å². The van der Waals surface area contributed by atoms with Crippen molar-refractivity contribution in [2.45, 2.75) is 24.7 Å². The fraction of sp³-hybridized carbons (Fsp3) is 1.00. The molecule has 0 aromatic carbocycles. The Balaban J connectivity index is 1.97. The number of nitrogens with zero attached hydrogens (tertiary/aromatic N) is 1. The topological polar surface area (TPSA) is 46.6 Å². The SMILES string of the molecule is CCS(=O)(=O)N1CCC2(CC1)OCCS2. The second-order valence-corrected chi connectivity index (χ2v) is 7.61. The minimum Gasteiger partial charge on any atom is -0.363 e. The third-order valence-electron chi connectivity index (χ3n) is 3.06. The molecule has 0 atom stereocenters. The van der Waals surface area contributed by atoms with E-state index < -0.39 is 10.0 Å². The molecule has 0 bridgehead atoms. The van der Waals surface area contributed by atoms with Gasteiger partial charge in [-0.3, -0.25) is 0 Å². The normalized spacial score (nSPS) is 27.3. The van der Waals surface area contributed by atoms with E-state index in [9.17, 15) is 8.42 Å². The Morgan fingerprint density at radius 1 is 1.40 bits per heavy atom. The molecule has 0 aromatic rings. The highest BCUT2D eigenvalue weighted by Crippen LogP contribution is 2.41. The first kappa shape index (κ1) is 11.7. The van der Waals surface area contributed by atoms with Crippen LogP contribution >= 0.6 is 11.8 Å². The van der Waals surface area contributed by atoms with Crippen LogP contribution in [0.3, 0.4) is 0 Å². The van der Waals surface area contributed by atoms with Gasteiger partial charge in [0.15, 0.2) is 0 Å². The summed E-state index contributed by atoms with van der Waals surface area (Å²) in [6.07, 6.45) is 1.66. The van der Waals surface area contributed by atoms with Gasteiger partial charge < -0.3 is 4.74 Å². The largest absolute Gasteiger partial charge is 0.363 e. The summed E-state index contributed by atoms with van der Waals surface area (Å²) >= 11 is 1.84. The molecule has 0 saturated carbocycles. The van der Waals surface area contributed by atoms with E-state index in [1.807, 2.05) is 11.8 Å². The molecular formula is C9H17NO3S2. The molecule has 0 radical (unpaired) electrons. The molecule has 0 aliphatic carbocycles. The summed E-state index contributed by atoms with van der Waals surface area (Å²) in [7, 11) is -3.00. The summed E-state index contributed by atoms with van der Waals surface area (Å²) in [5, 5.41) is 0. The van der Waals surface area contributed by atoms with E-state index in [1.54, 1.807) is 11.2 Å². The van der Waals surface area contributed by atoms with E-state index >= 15 is 0 Å². The second-order valence-electron chi connectivity index (χ2n) is 3.91. The molecule has 88 valence electrons. The van der Waals surface area contributed by atoms with Crippen LogP contribution in [-0.4, -0.2) is 48.9 Å².